The summed E-state index contributed by atoms with van der Waals surface area (Å²) >= 11 is 1.20. The Morgan fingerprint density at radius 3 is 2.82 bits per heavy atom. The number of carbonyl (C=O) groups is 1. The predicted octanol–water partition coefficient (Wildman–Crippen LogP) is 3.03. The van der Waals surface area contributed by atoms with Crippen LogP contribution >= 0.6 is 11.8 Å². The zero-order valence-corrected chi connectivity index (χ0v) is 16.0. The molecule has 2 N–H and O–H groups in total. The monoisotopic (exact) mass is 395 g/mol. The Kier molecular flexibility index (Phi) is 4.74. The number of aryl methyl sites for hydroxylation is 2. The van der Waals surface area contributed by atoms with Crippen LogP contribution in [0.3, 0.4) is 0 Å². The number of nitrogens with one attached hydrogen (secondary N) is 2. The van der Waals surface area contributed by atoms with E-state index in [0.717, 1.165) is 16.8 Å². The Morgan fingerprint density at radius 1 is 1.21 bits per heavy atom. The van der Waals surface area contributed by atoms with Crippen LogP contribution in [0.25, 0.3) is 17.2 Å². The molecule has 4 rings (SSSR count). The van der Waals surface area contributed by atoms with Gasteiger partial charge >= 0.3 is 0 Å². The lowest BCUT2D eigenvalue weighted by molar-refractivity contribution is -0.113. The van der Waals surface area contributed by atoms with E-state index in [1.54, 1.807) is 12.1 Å². The first kappa shape index (κ1) is 18.1. The molecule has 8 nitrogen and oxygen atoms in total. The zero-order valence-electron chi connectivity index (χ0n) is 15.2. The van der Waals surface area contributed by atoms with E-state index in [9.17, 15) is 9.59 Å². The van der Waals surface area contributed by atoms with Crippen LogP contribution in [0.4, 0.5) is 5.69 Å². The molecule has 28 heavy (non-hydrogen) atoms. The maximum Gasteiger partial charge on any atom is 0.266 e. The molecule has 0 aliphatic rings. The van der Waals surface area contributed by atoms with E-state index in [0.29, 0.717) is 22.4 Å². The number of fused-ring (bicyclic) bond motifs is 1. The first-order valence-electron chi connectivity index (χ1n) is 8.53. The van der Waals surface area contributed by atoms with Gasteiger partial charge in [-0.1, -0.05) is 17.8 Å². The minimum Gasteiger partial charge on any atom is -0.461 e. The van der Waals surface area contributed by atoms with Crippen molar-refractivity contribution in [3.05, 3.63) is 64.1 Å². The van der Waals surface area contributed by atoms with Crippen molar-refractivity contribution in [2.24, 2.45) is 0 Å². The molecule has 0 aliphatic carbocycles. The summed E-state index contributed by atoms with van der Waals surface area (Å²) in [5.41, 5.74) is 3.12. The van der Waals surface area contributed by atoms with Crippen molar-refractivity contribution in [3.63, 3.8) is 0 Å². The molecule has 0 spiro atoms. The van der Waals surface area contributed by atoms with Crippen molar-refractivity contribution >= 4 is 29.0 Å². The largest absolute Gasteiger partial charge is 0.461 e. The SMILES string of the molecule is Cc1ccc(NC(=O)CSc2nc(-c3ccco3)nc3cc(=O)[nH]n23)cc1C. The Hall–Kier alpha value is -3.33. The van der Waals surface area contributed by atoms with E-state index in [4.69, 9.17) is 4.42 Å². The number of benzene rings is 1. The van der Waals surface area contributed by atoms with E-state index in [1.165, 1.54) is 28.6 Å². The molecule has 1 aromatic carbocycles. The van der Waals surface area contributed by atoms with Crippen LogP contribution < -0.4 is 10.9 Å². The predicted molar refractivity (Wildman–Crippen MR) is 107 cm³/mol. The fourth-order valence-electron chi connectivity index (χ4n) is 2.64. The number of carbonyl (C=O) groups excluding carboxylic acids is 1. The molecule has 142 valence electrons. The second kappa shape index (κ2) is 7.35. The van der Waals surface area contributed by atoms with Gasteiger partial charge in [-0.3, -0.25) is 14.7 Å². The molecule has 0 unspecified atom stereocenters. The van der Waals surface area contributed by atoms with Gasteiger partial charge in [0.05, 0.1) is 12.0 Å². The van der Waals surface area contributed by atoms with Gasteiger partial charge in [-0.15, -0.1) is 0 Å². The van der Waals surface area contributed by atoms with Crippen LogP contribution in [0.1, 0.15) is 11.1 Å². The third kappa shape index (κ3) is 3.70. The van der Waals surface area contributed by atoms with Gasteiger partial charge in [-0.05, 0) is 49.2 Å². The van der Waals surface area contributed by atoms with E-state index in [2.05, 4.69) is 20.4 Å². The molecule has 0 atom stereocenters. The molecule has 0 radical (unpaired) electrons. The lowest BCUT2D eigenvalue weighted by Crippen LogP contribution is -2.15. The molecular weight excluding hydrogens is 378 g/mol. The van der Waals surface area contributed by atoms with Crippen molar-refractivity contribution < 1.29 is 9.21 Å². The van der Waals surface area contributed by atoms with Gasteiger partial charge in [0, 0.05) is 11.8 Å². The highest BCUT2D eigenvalue weighted by Crippen LogP contribution is 2.22. The maximum atomic E-state index is 12.4. The van der Waals surface area contributed by atoms with Crippen LogP contribution in [-0.2, 0) is 4.79 Å². The Balaban J connectivity index is 1.56. The number of nitrogens with zero attached hydrogens (tertiary/aromatic N) is 3. The summed E-state index contributed by atoms with van der Waals surface area (Å²) in [6.45, 7) is 4.02. The highest BCUT2D eigenvalue weighted by Gasteiger charge is 2.14. The number of furan rings is 1. The highest BCUT2D eigenvalue weighted by atomic mass is 32.2. The number of H-pyrrole nitrogens is 1. The van der Waals surface area contributed by atoms with E-state index in [1.807, 2.05) is 32.0 Å². The van der Waals surface area contributed by atoms with Gasteiger partial charge in [-0.25, -0.2) is 9.50 Å². The van der Waals surface area contributed by atoms with Crippen molar-refractivity contribution in [3.8, 4) is 11.6 Å². The van der Waals surface area contributed by atoms with Crippen LogP contribution in [0.2, 0.25) is 0 Å². The number of hydrogen-bond acceptors (Lipinski definition) is 6. The van der Waals surface area contributed by atoms with Crippen molar-refractivity contribution in [2.45, 2.75) is 19.0 Å². The Labute approximate surface area is 164 Å². The number of rotatable bonds is 5. The third-order valence-electron chi connectivity index (χ3n) is 4.19. The van der Waals surface area contributed by atoms with E-state index < -0.39 is 0 Å². The van der Waals surface area contributed by atoms with Gasteiger partial charge in [0.2, 0.25) is 5.91 Å². The molecule has 4 aromatic rings. The number of amides is 1. The van der Waals surface area contributed by atoms with Gasteiger partial charge < -0.3 is 9.73 Å². The molecular formula is C19H17N5O3S. The van der Waals surface area contributed by atoms with Crippen molar-refractivity contribution in [2.75, 3.05) is 11.1 Å². The topological polar surface area (TPSA) is 105 Å². The quantitative estimate of drug-likeness (QED) is 0.503. The molecule has 0 saturated heterocycles. The Morgan fingerprint density at radius 2 is 2.07 bits per heavy atom. The summed E-state index contributed by atoms with van der Waals surface area (Å²) < 4.78 is 6.81. The fourth-order valence-corrected chi connectivity index (χ4v) is 3.39. The summed E-state index contributed by atoms with van der Waals surface area (Å²) in [6.07, 6.45) is 1.52. The van der Waals surface area contributed by atoms with Crippen LogP contribution in [0, 0.1) is 13.8 Å². The summed E-state index contributed by atoms with van der Waals surface area (Å²) in [5, 5.41) is 5.95. The summed E-state index contributed by atoms with van der Waals surface area (Å²) in [6, 6.07) is 10.6. The number of anilines is 1. The zero-order chi connectivity index (χ0) is 19.7. The Bertz CT molecular complexity index is 1210. The minimum atomic E-state index is -0.299. The normalized spacial score (nSPS) is 11.1. The molecule has 1 amide bonds. The third-order valence-corrected chi connectivity index (χ3v) is 5.13. The van der Waals surface area contributed by atoms with Gasteiger partial charge in [-0.2, -0.15) is 4.98 Å². The van der Waals surface area contributed by atoms with Gasteiger partial charge in [0.25, 0.3) is 5.56 Å². The molecule has 3 heterocycles. The molecule has 3 aromatic heterocycles. The molecule has 9 heteroatoms. The summed E-state index contributed by atoms with van der Waals surface area (Å²) in [4.78, 5) is 32.8. The van der Waals surface area contributed by atoms with Gasteiger partial charge in [0.1, 0.15) is 0 Å². The second-order valence-electron chi connectivity index (χ2n) is 6.26. The lowest BCUT2D eigenvalue weighted by Gasteiger charge is -2.08. The second-order valence-corrected chi connectivity index (χ2v) is 7.20. The molecule has 0 fully saturated rings. The van der Waals surface area contributed by atoms with Crippen LogP contribution in [-0.4, -0.2) is 31.2 Å². The van der Waals surface area contributed by atoms with Crippen LogP contribution in [0.15, 0.2) is 57.0 Å². The lowest BCUT2D eigenvalue weighted by atomic mass is 10.1. The standard InChI is InChI=1S/C19H17N5O3S/c1-11-5-6-13(8-12(11)2)20-17(26)10-28-19-22-18(14-4-3-7-27-14)21-15-9-16(25)23-24(15)19/h3-9H,10H2,1-2H3,(H,20,26)(H,23,25). The minimum absolute atomic E-state index is 0.122. The smallest absolute Gasteiger partial charge is 0.266 e. The highest BCUT2D eigenvalue weighted by molar-refractivity contribution is 7.99. The average Bonchev–Trinajstić information content (AvgIpc) is 3.31. The number of aromatic amines is 1. The van der Waals surface area contributed by atoms with Crippen molar-refractivity contribution in [1.29, 1.82) is 0 Å². The summed E-state index contributed by atoms with van der Waals surface area (Å²) in [7, 11) is 0. The fraction of sp³-hybridized carbons (Fsp3) is 0.158. The number of aromatic nitrogens is 4. The first-order valence-corrected chi connectivity index (χ1v) is 9.52. The van der Waals surface area contributed by atoms with E-state index in [-0.39, 0.29) is 17.2 Å². The molecule has 0 aliphatic heterocycles. The molecule has 0 saturated carbocycles. The average molecular weight is 395 g/mol. The number of hydrogen-bond donors (Lipinski definition) is 2. The van der Waals surface area contributed by atoms with Gasteiger partial charge in [0.15, 0.2) is 22.4 Å². The summed E-state index contributed by atoms with van der Waals surface area (Å²) in [5.74, 6) is 0.782. The molecule has 0 bridgehead atoms. The first-order chi connectivity index (χ1) is 13.5. The van der Waals surface area contributed by atoms with Crippen molar-refractivity contribution in [1.82, 2.24) is 19.6 Å². The number of thioether (sulfide) groups is 1. The van der Waals surface area contributed by atoms with E-state index >= 15 is 0 Å². The maximum absolute atomic E-state index is 12.4. The van der Waals surface area contributed by atoms with Crippen LogP contribution in [0.5, 0.6) is 0 Å².